The van der Waals surface area contributed by atoms with Crippen LogP contribution in [0.1, 0.15) is 30.5 Å². The van der Waals surface area contributed by atoms with Gasteiger partial charge in [-0.3, -0.25) is 9.69 Å². The Labute approximate surface area is 265 Å². The van der Waals surface area contributed by atoms with Crippen LogP contribution in [-0.2, 0) is 23.9 Å². The molecule has 2 aliphatic heterocycles. The van der Waals surface area contributed by atoms with Crippen molar-refractivity contribution in [3.8, 4) is 17.2 Å². The highest BCUT2D eigenvalue weighted by molar-refractivity contribution is 6.00. The number of urea groups is 1. The zero-order chi connectivity index (χ0) is 33.0. The van der Waals surface area contributed by atoms with Gasteiger partial charge in [-0.15, -0.1) is 0 Å². The molecule has 3 atom stereocenters. The van der Waals surface area contributed by atoms with Crippen LogP contribution in [0.25, 0.3) is 0 Å². The molecule has 0 spiro atoms. The smallest absolute Gasteiger partial charge is 0.416 e. The van der Waals surface area contributed by atoms with E-state index in [1.807, 2.05) is 32.2 Å². The Morgan fingerprint density at radius 3 is 2.41 bits per heavy atom. The summed E-state index contributed by atoms with van der Waals surface area (Å²) >= 11 is 0. The number of hydrogen-bond acceptors (Lipinski definition) is 7. The summed E-state index contributed by atoms with van der Waals surface area (Å²) in [4.78, 5) is 30.0. The van der Waals surface area contributed by atoms with Crippen molar-refractivity contribution >= 4 is 23.3 Å². The summed E-state index contributed by atoms with van der Waals surface area (Å²) in [6.07, 6.45) is -4.84. The van der Waals surface area contributed by atoms with Gasteiger partial charge in [-0.05, 0) is 74.1 Å². The number of fused-ring (bicyclic) bond motifs is 2. The van der Waals surface area contributed by atoms with Crippen LogP contribution in [0.5, 0.6) is 17.2 Å². The van der Waals surface area contributed by atoms with Crippen LogP contribution < -0.4 is 24.8 Å². The zero-order valence-corrected chi connectivity index (χ0v) is 25.8. The highest BCUT2D eigenvalue weighted by atomic mass is 19.4. The fourth-order valence-electron chi connectivity index (χ4n) is 5.48. The fourth-order valence-corrected chi connectivity index (χ4v) is 5.48. The van der Waals surface area contributed by atoms with E-state index in [9.17, 15) is 27.9 Å². The molecule has 246 valence electrons. The van der Waals surface area contributed by atoms with Gasteiger partial charge in [-0.1, -0.05) is 13.0 Å². The lowest BCUT2D eigenvalue weighted by molar-refractivity contribution is -0.137. The van der Waals surface area contributed by atoms with Gasteiger partial charge in [0.15, 0.2) is 11.5 Å². The molecule has 3 aromatic carbocycles. The predicted octanol–water partition coefficient (Wildman–Crippen LogP) is 5.36. The summed E-state index contributed by atoms with van der Waals surface area (Å²) in [6.45, 7) is 5.31. The molecule has 13 heteroatoms. The van der Waals surface area contributed by atoms with Gasteiger partial charge in [0.25, 0.3) is 0 Å². The maximum Gasteiger partial charge on any atom is 0.416 e. The van der Waals surface area contributed by atoms with Crippen LogP contribution in [-0.4, -0.2) is 72.5 Å². The van der Waals surface area contributed by atoms with Crippen molar-refractivity contribution in [2.45, 2.75) is 45.1 Å². The number of ether oxygens (including phenoxy) is 3. The molecule has 0 unspecified atom stereocenters. The first-order valence-corrected chi connectivity index (χ1v) is 14.9. The number of likely N-dealkylation sites (N-methyl/N-ethyl adjacent to an activating group) is 1. The Morgan fingerprint density at radius 1 is 1.02 bits per heavy atom. The number of hydrogen-bond donors (Lipinski definition) is 3. The van der Waals surface area contributed by atoms with Gasteiger partial charge >= 0.3 is 12.2 Å². The van der Waals surface area contributed by atoms with E-state index in [2.05, 4.69) is 15.5 Å². The first-order chi connectivity index (χ1) is 21.9. The van der Waals surface area contributed by atoms with Crippen molar-refractivity contribution in [3.63, 3.8) is 0 Å². The molecule has 0 aromatic heterocycles. The van der Waals surface area contributed by atoms with E-state index in [-0.39, 0.29) is 43.4 Å². The maximum absolute atomic E-state index is 13.5. The van der Waals surface area contributed by atoms with E-state index in [0.717, 1.165) is 17.7 Å². The van der Waals surface area contributed by atoms with Crippen molar-refractivity contribution in [3.05, 3.63) is 77.4 Å². The Hall–Kier alpha value is -4.49. The highest BCUT2D eigenvalue weighted by Crippen LogP contribution is 2.34. The number of rotatable bonds is 8. The number of halogens is 3. The number of aliphatic hydroxyl groups is 1. The molecule has 0 saturated heterocycles. The number of aliphatic hydroxyl groups excluding tert-OH is 1. The van der Waals surface area contributed by atoms with E-state index >= 15 is 0 Å². The van der Waals surface area contributed by atoms with Crippen molar-refractivity contribution in [2.75, 3.05) is 44.2 Å². The van der Waals surface area contributed by atoms with Gasteiger partial charge in [0.1, 0.15) is 11.9 Å². The second kappa shape index (κ2) is 13.9. The van der Waals surface area contributed by atoms with E-state index in [4.69, 9.17) is 14.2 Å². The lowest BCUT2D eigenvalue weighted by Gasteiger charge is -2.34. The van der Waals surface area contributed by atoms with Crippen LogP contribution in [0.15, 0.2) is 60.7 Å². The first-order valence-electron chi connectivity index (χ1n) is 14.9. The highest BCUT2D eigenvalue weighted by Gasteiger charge is 2.32. The molecule has 0 bridgehead atoms. The summed E-state index contributed by atoms with van der Waals surface area (Å²) in [5, 5.41) is 15.1. The number of alkyl halides is 3. The normalized spacial score (nSPS) is 18.6. The first kappa shape index (κ1) is 32.9. The van der Waals surface area contributed by atoms with E-state index < -0.39 is 23.8 Å². The largest absolute Gasteiger partial charge is 0.488 e. The lowest BCUT2D eigenvalue weighted by atomic mass is 10.0. The van der Waals surface area contributed by atoms with Crippen LogP contribution in [0.4, 0.5) is 29.3 Å². The fraction of sp³-hybridized carbons (Fsp3) is 0.394. The SMILES string of the molecule is C[C@H]1CN([C@@H](C)CO)C(=O)Cc2cc(NC(=O)Nc3ccc(C(F)(F)F)cc3)ccc2O[C@H]1CN(C)Cc1ccc2c(c1)OCO2. The molecule has 3 N–H and O–H groups in total. The topological polar surface area (TPSA) is 113 Å². The van der Waals surface area contributed by atoms with Crippen LogP contribution in [0.3, 0.4) is 0 Å². The van der Waals surface area contributed by atoms with Crippen molar-refractivity contribution < 1.29 is 42.1 Å². The Bertz CT molecular complexity index is 1550. The molecule has 0 radical (unpaired) electrons. The Morgan fingerprint density at radius 2 is 1.70 bits per heavy atom. The standard InChI is InChI=1S/C33H37F3N4O6/c1-20-15-40(21(2)18-41)31(42)14-23-13-26(38-32(43)37-25-7-5-24(6-8-25)33(34,35)36)9-11-27(23)46-30(20)17-39(3)16-22-4-10-28-29(12-22)45-19-44-28/h4-13,20-21,30,41H,14-19H2,1-3H3,(H2,37,38,43)/t20-,21-,30-/m0/s1. The molecule has 5 rings (SSSR count). The van der Waals surface area contributed by atoms with E-state index in [0.29, 0.717) is 48.1 Å². The van der Waals surface area contributed by atoms with E-state index in [1.165, 1.54) is 12.1 Å². The minimum absolute atomic E-state index is 0.0256. The van der Waals surface area contributed by atoms with Gasteiger partial charge < -0.3 is 34.9 Å². The third-order valence-corrected chi connectivity index (χ3v) is 8.03. The molecule has 10 nitrogen and oxygen atoms in total. The van der Waals surface area contributed by atoms with Crippen LogP contribution in [0.2, 0.25) is 0 Å². The molecular weight excluding hydrogens is 605 g/mol. The average Bonchev–Trinajstić information content (AvgIpc) is 3.48. The molecule has 46 heavy (non-hydrogen) atoms. The Balaban J connectivity index is 1.33. The van der Waals surface area contributed by atoms with E-state index in [1.54, 1.807) is 30.0 Å². The number of nitrogens with zero attached hydrogens (tertiary/aromatic N) is 2. The number of benzene rings is 3. The molecule has 2 heterocycles. The van der Waals surface area contributed by atoms with Gasteiger partial charge in [0.05, 0.1) is 24.6 Å². The van der Waals surface area contributed by atoms with Crippen molar-refractivity contribution in [1.82, 2.24) is 9.80 Å². The summed E-state index contributed by atoms with van der Waals surface area (Å²) < 4.78 is 56.1. The third-order valence-electron chi connectivity index (χ3n) is 8.03. The Kier molecular flexibility index (Phi) is 9.92. The van der Waals surface area contributed by atoms with Crippen LogP contribution >= 0.6 is 0 Å². The van der Waals surface area contributed by atoms with Gasteiger partial charge in [-0.25, -0.2) is 4.79 Å². The molecule has 3 amide bonds. The minimum atomic E-state index is -4.48. The molecule has 2 aliphatic rings. The van der Waals surface area contributed by atoms with Gasteiger partial charge in [0.2, 0.25) is 12.7 Å². The lowest BCUT2D eigenvalue weighted by Crippen LogP contribution is -2.47. The second-order valence-corrected chi connectivity index (χ2v) is 11.7. The maximum atomic E-state index is 13.5. The third kappa shape index (κ3) is 8.01. The molecule has 0 fully saturated rings. The van der Waals surface area contributed by atoms with Gasteiger partial charge in [0, 0.05) is 42.5 Å². The monoisotopic (exact) mass is 642 g/mol. The zero-order valence-electron chi connectivity index (χ0n) is 25.8. The number of carbonyl (C=O) groups is 2. The average molecular weight is 643 g/mol. The second-order valence-electron chi connectivity index (χ2n) is 11.7. The quantitative estimate of drug-likeness (QED) is 0.303. The summed E-state index contributed by atoms with van der Waals surface area (Å²) in [7, 11) is 1.98. The number of nitrogens with one attached hydrogen (secondary N) is 2. The van der Waals surface area contributed by atoms with Crippen LogP contribution in [0, 0.1) is 5.92 Å². The van der Waals surface area contributed by atoms with Gasteiger partial charge in [-0.2, -0.15) is 13.2 Å². The number of anilines is 2. The summed E-state index contributed by atoms with van der Waals surface area (Å²) in [5.41, 5.74) is 1.31. The molecular formula is C33H37F3N4O6. The predicted molar refractivity (Wildman–Crippen MR) is 165 cm³/mol. The molecule has 0 saturated carbocycles. The molecule has 0 aliphatic carbocycles. The summed E-state index contributed by atoms with van der Waals surface area (Å²) in [6, 6.07) is 13.8. The molecule has 3 aromatic rings. The summed E-state index contributed by atoms with van der Waals surface area (Å²) in [5.74, 6) is 1.62. The van der Waals surface area contributed by atoms with Crippen molar-refractivity contribution in [1.29, 1.82) is 0 Å². The van der Waals surface area contributed by atoms with Crippen molar-refractivity contribution in [2.24, 2.45) is 5.92 Å². The minimum Gasteiger partial charge on any atom is -0.488 e. The number of amides is 3. The number of carbonyl (C=O) groups excluding carboxylic acids is 2.